The Hall–Kier alpha value is -2.23. The number of pyridine rings is 1. The third-order valence-electron chi connectivity index (χ3n) is 2.16. The maximum absolute atomic E-state index is 12.9. The SMILES string of the molecule is O=C(OCc1cccc(F)c1)c1cccnc1. The predicted molar refractivity (Wildman–Crippen MR) is 59.8 cm³/mol. The van der Waals surface area contributed by atoms with Crippen molar-refractivity contribution in [2.45, 2.75) is 6.61 Å². The lowest BCUT2D eigenvalue weighted by Crippen LogP contribution is -2.05. The minimum Gasteiger partial charge on any atom is -0.457 e. The zero-order valence-electron chi connectivity index (χ0n) is 8.97. The molecule has 2 rings (SSSR count). The Kier molecular flexibility index (Phi) is 3.45. The minimum absolute atomic E-state index is 0.0471. The molecule has 3 nitrogen and oxygen atoms in total. The van der Waals surface area contributed by atoms with Crippen molar-refractivity contribution in [3.05, 3.63) is 65.7 Å². The first kappa shape index (κ1) is 11.3. The van der Waals surface area contributed by atoms with Gasteiger partial charge in [-0.15, -0.1) is 0 Å². The van der Waals surface area contributed by atoms with Crippen LogP contribution in [0.2, 0.25) is 0 Å². The van der Waals surface area contributed by atoms with Crippen molar-refractivity contribution in [3.8, 4) is 0 Å². The van der Waals surface area contributed by atoms with Crippen LogP contribution >= 0.6 is 0 Å². The van der Waals surface area contributed by atoms with E-state index < -0.39 is 5.97 Å². The van der Waals surface area contributed by atoms with Crippen LogP contribution in [0.3, 0.4) is 0 Å². The Bertz CT molecular complexity index is 514. The van der Waals surface area contributed by atoms with Crippen molar-refractivity contribution in [2.75, 3.05) is 0 Å². The van der Waals surface area contributed by atoms with Crippen LogP contribution in [0, 0.1) is 5.82 Å². The van der Waals surface area contributed by atoms with Gasteiger partial charge >= 0.3 is 5.97 Å². The number of carbonyl (C=O) groups excluding carboxylic acids is 1. The van der Waals surface area contributed by atoms with Crippen molar-refractivity contribution in [1.29, 1.82) is 0 Å². The Balaban J connectivity index is 1.97. The van der Waals surface area contributed by atoms with Gasteiger partial charge in [0.15, 0.2) is 0 Å². The van der Waals surface area contributed by atoms with E-state index in [1.807, 2.05) is 0 Å². The third kappa shape index (κ3) is 3.11. The second-order valence-corrected chi connectivity index (χ2v) is 3.45. The van der Waals surface area contributed by atoms with Gasteiger partial charge in [-0.2, -0.15) is 0 Å². The largest absolute Gasteiger partial charge is 0.457 e. The highest BCUT2D eigenvalue weighted by Crippen LogP contribution is 2.07. The highest BCUT2D eigenvalue weighted by molar-refractivity contribution is 5.88. The number of nitrogens with zero attached hydrogens (tertiary/aromatic N) is 1. The summed E-state index contributed by atoms with van der Waals surface area (Å²) in [5.41, 5.74) is 0.992. The van der Waals surface area contributed by atoms with E-state index >= 15 is 0 Å². The van der Waals surface area contributed by atoms with E-state index in [4.69, 9.17) is 4.74 Å². The van der Waals surface area contributed by atoms with Crippen molar-refractivity contribution in [2.24, 2.45) is 0 Å². The molecule has 17 heavy (non-hydrogen) atoms. The van der Waals surface area contributed by atoms with Crippen LogP contribution in [0.25, 0.3) is 0 Å². The molecule has 0 radical (unpaired) electrons. The van der Waals surface area contributed by atoms with E-state index in [1.54, 1.807) is 30.5 Å². The van der Waals surface area contributed by atoms with Crippen molar-refractivity contribution < 1.29 is 13.9 Å². The molecule has 4 heteroatoms. The molecule has 0 aliphatic carbocycles. The number of carbonyl (C=O) groups is 1. The number of esters is 1. The van der Waals surface area contributed by atoms with Crippen LogP contribution in [-0.4, -0.2) is 11.0 Å². The molecule has 0 aliphatic heterocycles. The van der Waals surface area contributed by atoms with Gasteiger partial charge in [0.1, 0.15) is 12.4 Å². The van der Waals surface area contributed by atoms with Crippen LogP contribution in [0.15, 0.2) is 48.8 Å². The standard InChI is InChI=1S/C13H10FNO2/c14-12-5-1-3-10(7-12)9-17-13(16)11-4-2-6-15-8-11/h1-8H,9H2. The Morgan fingerprint density at radius 3 is 2.88 bits per heavy atom. The van der Waals surface area contributed by atoms with Gasteiger partial charge in [-0.05, 0) is 29.8 Å². The first-order chi connectivity index (χ1) is 8.25. The summed E-state index contributed by atoms with van der Waals surface area (Å²) in [6.45, 7) is 0.0471. The van der Waals surface area contributed by atoms with Gasteiger partial charge in [-0.3, -0.25) is 4.98 Å². The number of hydrogen-bond donors (Lipinski definition) is 0. The molecule has 0 N–H and O–H groups in total. The highest BCUT2D eigenvalue weighted by Gasteiger charge is 2.06. The lowest BCUT2D eigenvalue weighted by molar-refractivity contribution is 0.0472. The van der Waals surface area contributed by atoms with Crippen LogP contribution < -0.4 is 0 Å². The maximum atomic E-state index is 12.9. The topological polar surface area (TPSA) is 39.2 Å². The first-order valence-electron chi connectivity index (χ1n) is 5.07. The molecule has 0 spiro atoms. The number of rotatable bonds is 3. The fraction of sp³-hybridized carbons (Fsp3) is 0.0769. The summed E-state index contributed by atoms with van der Waals surface area (Å²) in [6, 6.07) is 9.20. The molecule has 1 aromatic heterocycles. The Morgan fingerprint density at radius 1 is 1.29 bits per heavy atom. The maximum Gasteiger partial charge on any atom is 0.340 e. The molecular weight excluding hydrogens is 221 g/mol. The van der Waals surface area contributed by atoms with Gasteiger partial charge < -0.3 is 4.74 Å². The van der Waals surface area contributed by atoms with Crippen LogP contribution in [0.5, 0.6) is 0 Å². The van der Waals surface area contributed by atoms with Crippen molar-refractivity contribution >= 4 is 5.97 Å². The quantitative estimate of drug-likeness (QED) is 0.762. The fourth-order valence-corrected chi connectivity index (χ4v) is 1.34. The predicted octanol–water partition coefficient (Wildman–Crippen LogP) is 2.58. The van der Waals surface area contributed by atoms with Crippen LogP contribution in [0.4, 0.5) is 4.39 Å². The number of ether oxygens (including phenoxy) is 1. The number of benzene rings is 1. The average Bonchev–Trinajstić information content (AvgIpc) is 2.37. The Labute approximate surface area is 97.9 Å². The third-order valence-corrected chi connectivity index (χ3v) is 2.16. The summed E-state index contributed by atoms with van der Waals surface area (Å²) in [6.07, 6.45) is 3.00. The second-order valence-electron chi connectivity index (χ2n) is 3.45. The van der Waals surface area contributed by atoms with E-state index in [9.17, 15) is 9.18 Å². The summed E-state index contributed by atoms with van der Waals surface area (Å²) in [5.74, 6) is -0.817. The molecule has 1 aromatic carbocycles. The van der Waals surface area contributed by atoms with Gasteiger partial charge in [0.2, 0.25) is 0 Å². The smallest absolute Gasteiger partial charge is 0.340 e. The van der Waals surface area contributed by atoms with Crippen LogP contribution in [0.1, 0.15) is 15.9 Å². The molecule has 0 atom stereocenters. The molecule has 0 fully saturated rings. The van der Waals surface area contributed by atoms with Gasteiger partial charge in [-0.25, -0.2) is 9.18 Å². The minimum atomic E-state index is -0.470. The van der Waals surface area contributed by atoms with Gasteiger partial charge in [-0.1, -0.05) is 12.1 Å². The number of hydrogen-bond acceptors (Lipinski definition) is 3. The second kappa shape index (κ2) is 5.21. The van der Waals surface area contributed by atoms with Gasteiger partial charge in [0.05, 0.1) is 5.56 Å². The first-order valence-corrected chi connectivity index (χ1v) is 5.07. The lowest BCUT2D eigenvalue weighted by Gasteiger charge is -2.04. The van der Waals surface area contributed by atoms with Gasteiger partial charge in [0, 0.05) is 12.4 Å². The lowest BCUT2D eigenvalue weighted by atomic mass is 10.2. The van der Waals surface area contributed by atoms with Crippen LogP contribution in [-0.2, 0) is 11.3 Å². The summed E-state index contributed by atoms with van der Waals surface area (Å²) in [7, 11) is 0. The highest BCUT2D eigenvalue weighted by atomic mass is 19.1. The molecule has 0 amide bonds. The molecule has 0 saturated carbocycles. The van der Waals surface area contributed by atoms with Gasteiger partial charge in [0.25, 0.3) is 0 Å². The molecule has 0 bridgehead atoms. The van der Waals surface area contributed by atoms with Crippen molar-refractivity contribution in [1.82, 2.24) is 4.98 Å². The normalized spacial score (nSPS) is 9.94. The fourth-order valence-electron chi connectivity index (χ4n) is 1.34. The molecule has 0 saturated heterocycles. The van der Waals surface area contributed by atoms with E-state index in [1.165, 1.54) is 18.3 Å². The zero-order chi connectivity index (χ0) is 12.1. The molecule has 86 valence electrons. The molecular formula is C13H10FNO2. The summed E-state index contributed by atoms with van der Waals surface area (Å²) >= 11 is 0. The Morgan fingerprint density at radius 2 is 2.18 bits per heavy atom. The molecule has 1 heterocycles. The van der Waals surface area contributed by atoms with E-state index in [2.05, 4.69) is 4.98 Å². The molecule has 0 aliphatic rings. The monoisotopic (exact) mass is 231 g/mol. The van der Waals surface area contributed by atoms with E-state index in [0.717, 1.165) is 0 Å². The number of halogens is 1. The molecule has 0 unspecified atom stereocenters. The van der Waals surface area contributed by atoms with E-state index in [-0.39, 0.29) is 12.4 Å². The van der Waals surface area contributed by atoms with Crippen molar-refractivity contribution in [3.63, 3.8) is 0 Å². The molecule has 2 aromatic rings. The zero-order valence-corrected chi connectivity index (χ0v) is 8.97. The average molecular weight is 231 g/mol. The summed E-state index contributed by atoms with van der Waals surface area (Å²) in [5, 5.41) is 0. The van der Waals surface area contributed by atoms with E-state index in [0.29, 0.717) is 11.1 Å². The summed E-state index contributed by atoms with van der Waals surface area (Å²) in [4.78, 5) is 15.4. The number of aromatic nitrogens is 1. The summed E-state index contributed by atoms with van der Waals surface area (Å²) < 4.78 is 17.9.